The Hall–Kier alpha value is -3.29. The summed E-state index contributed by atoms with van der Waals surface area (Å²) in [5.74, 6) is -2.14. The van der Waals surface area contributed by atoms with Crippen LogP contribution in [-0.2, 0) is 23.9 Å². The summed E-state index contributed by atoms with van der Waals surface area (Å²) in [5.41, 5.74) is -1.34. The second-order valence-electron chi connectivity index (χ2n) is 15.0. The molecule has 14 heteroatoms. The number of piperidine rings is 1. The van der Waals surface area contributed by atoms with Gasteiger partial charge in [-0.3, -0.25) is 19.2 Å². The molecule has 13 nitrogen and oxygen atoms in total. The molecule has 1 unspecified atom stereocenters. The summed E-state index contributed by atoms with van der Waals surface area (Å²) in [5, 5.41) is 9.92. The highest BCUT2D eigenvalue weighted by atomic mass is 32.2. The van der Waals surface area contributed by atoms with Gasteiger partial charge in [-0.25, -0.2) is 9.59 Å². The van der Waals surface area contributed by atoms with Crippen LogP contribution in [0.5, 0.6) is 0 Å². The van der Waals surface area contributed by atoms with Crippen LogP contribution in [0.15, 0.2) is 12.7 Å². The average Bonchev–Trinajstić information content (AvgIpc) is 3.29. The summed E-state index contributed by atoms with van der Waals surface area (Å²) >= 11 is 1.13. The van der Waals surface area contributed by atoms with Crippen LogP contribution in [0.4, 0.5) is 9.59 Å². The summed E-state index contributed by atoms with van der Waals surface area (Å²) in [6.45, 7) is 22.2. The Labute approximate surface area is 276 Å². The number of carbonyl (C=O) groups is 6. The number of urea groups is 1. The molecule has 6 atom stereocenters. The van der Waals surface area contributed by atoms with Crippen LogP contribution in [0.3, 0.4) is 0 Å². The van der Waals surface area contributed by atoms with Crippen LogP contribution in [0.25, 0.3) is 0 Å². The molecule has 6 amide bonds. The number of likely N-dealkylation sites (tertiary alicyclic amines) is 1. The lowest BCUT2D eigenvalue weighted by molar-refractivity contribution is -0.144. The van der Waals surface area contributed by atoms with Crippen molar-refractivity contribution in [1.29, 1.82) is 0 Å². The zero-order valence-corrected chi connectivity index (χ0v) is 29.5. The van der Waals surface area contributed by atoms with Gasteiger partial charge in [0, 0.05) is 19.6 Å². The first-order chi connectivity index (χ1) is 21.2. The van der Waals surface area contributed by atoms with E-state index in [9.17, 15) is 28.8 Å². The van der Waals surface area contributed by atoms with Gasteiger partial charge >= 0.3 is 12.1 Å². The minimum Gasteiger partial charge on any atom is -0.448 e. The molecule has 4 N–H and O–H groups in total. The molecule has 0 aromatic heterocycles. The Bertz CT molecular complexity index is 1230. The van der Waals surface area contributed by atoms with Gasteiger partial charge in [-0.1, -0.05) is 68.4 Å². The first kappa shape index (κ1) is 37.2. The minimum absolute atomic E-state index is 0.0657. The van der Waals surface area contributed by atoms with Crippen molar-refractivity contribution in [1.82, 2.24) is 31.1 Å². The standard InChI is InChI=1S/C32H52N6O7S/c1-11-13-33-25(41)22(39)26(46-12-2)36-24(40)21-20-18(32(20,9)10)16-38(21)27(42)23(31(6,7)8)35-28(43)34-19(30(3,4)5)17-37-14-15-45-29(37)44/h11,18-21,23,26H,1,12-17H2,2-10H3,(H,33,41)(H,36,40)(H2,34,35,43)/t18-,19+,20-,21-,23+,26?/m0/s1. The summed E-state index contributed by atoms with van der Waals surface area (Å²) in [7, 11) is 0. The van der Waals surface area contributed by atoms with E-state index in [0.717, 1.165) is 11.8 Å². The van der Waals surface area contributed by atoms with Gasteiger partial charge in [0.2, 0.25) is 11.8 Å². The van der Waals surface area contributed by atoms with E-state index < -0.39 is 70.0 Å². The molecule has 2 heterocycles. The van der Waals surface area contributed by atoms with E-state index in [0.29, 0.717) is 25.4 Å². The molecule has 0 bridgehead atoms. The van der Waals surface area contributed by atoms with Gasteiger partial charge in [-0.05, 0) is 33.8 Å². The number of fused-ring (bicyclic) bond motifs is 1. The summed E-state index contributed by atoms with van der Waals surface area (Å²) in [4.78, 5) is 82.1. The van der Waals surface area contributed by atoms with Crippen LogP contribution < -0.4 is 21.3 Å². The highest BCUT2D eigenvalue weighted by molar-refractivity contribution is 8.00. The highest BCUT2D eigenvalue weighted by Crippen LogP contribution is 2.65. The topological polar surface area (TPSA) is 166 Å². The Morgan fingerprint density at radius 3 is 2.24 bits per heavy atom. The first-order valence-corrected chi connectivity index (χ1v) is 16.9. The molecular formula is C32H52N6O7S. The number of thioether (sulfide) groups is 1. The van der Waals surface area contributed by atoms with E-state index >= 15 is 0 Å². The Morgan fingerprint density at radius 2 is 1.72 bits per heavy atom. The largest absolute Gasteiger partial charge is 0.448 e. The number of carbonyl (C=O) groups excluding carboxylic acids is 6. The number of nitrogens with zero attached hydrogens (tertiary/aromatic N) is 2. The van der Waals surface area contributed by atoms with Gasteiger partial charge in [0.25, 0.3) is 11.7 Å². The molecule has 0 radical (unpaired) electrons. The monoisotopic (exact) mass is 664 g/mol. The van der Waals surface area contributed by atoms with Crippen molar-refractivity contribution in [2.75, 3.05) is 38.5 Å². The number of ether oxygens (including phenoxy) is 1. The number of amides is 6. The second-order valence-corrected chi connectivity index (χ2v) is 16.4. The fraction of sp³-hybridized carbons (Fsp3) is 0.750. The molecule has 3 rings (SSSR count). The number of Topliss-reactive ketones (excluding diaryl/α,β-unsaturated/α-hetero) is 1. The van der Waals surface area contributed by atoms with E-state index in [1.54, 1.807) is 4.90 Å². The van der Waals surface area contributed by atoms with Gasteiger partial charge in [0.1, 0.15) is 24.1 Å². The molecule has 0 aromatic rings. The average molecular weight is 665 g/mol. The van der Waals surface area contributed by atoms with Crippen LogP contribution in [0, 0.1) is 28.1 Å². The molecule has 0 spiro atoms. The van der Waals surface area contributed by atoms with Gasteiger partial charge < -0.3 is 35.8 Å². The van der Waals surface area contributed by atoms with E-state index in [4.69, 9.17) is 4.74 Å². The SMILES string of the molecule is C=CCNC(=O)C(=O)C(NC(=O)[C@@H]1[C@@H]2[C@H](CN1C(=O)[C@@H](NC(=O)N[C@H](CN1CCOC1=O)C(C)(C)C)C(C)(C)C)C2(C)C)SCC. The van der Waals surface area contributed by atoms with Crippen molar-refractivity contribution in [3.63, 3.8) is 0 Å². The molecule has 3 fully saturated rings. The van der Waals surface area contributed by atoms with Gasteiger partial charge in [0.15, 0.2) is 0 Å². The molecule has 3 aliphatic rings. The smallest absolute Gasteiger partial charge is 0.410 e. The molecule has 46 heavy (non-hydrogen) atoms. The molecule has 1 saturated carbocycles. The zero-order valence-electron chi connectivity index (χ0n) is 28.7. The molecule has 2 saturated heterocycles. The normalized spacial score (nSPS) is 23.8. The summed E-state index contributed by atoms with van der Waals surface area (Å²) < 4.78 is 5.05. The van der Waals surface area contributed by atoms with Crippen molar-refractivity contribution >= 4 is 47.4 Å². The number of hydrogen-bond acceptors (Lipinski definition) is 8. The summed E-state index contributed by atoms with van der Waals surface area (Å²) in [6, 6.07) is -2.88. The maximum Gasteiger partial charge on any atom is 0.410 e. The van der Waals surface area contributed by atoms with E-state index in [1.807, 2.05) is 62.3 Å². The first-order valence-electron chi connectivity index (χ1n) is 15.9. The van der Waals surface area contributed by atoms with Crippen LogP contribution in [0.2, 0.25) is 0 Å². The van der Waals surface area contributed by atoms with Crippen molar-refractivity contribution < 1.29 is 33.5 Å². The Balaban J connectivity index is 1.81. The zero-order chi connectivity index (χ0) is 34.8. The lowest BCUT2D eigenvalue weighted by atomic mass is 9.85. The lowest BCUT2D eigenvalue weighted by Gasteiger charge is -2.39. The second kappa shape index (κ2) is 14.2. The number of cyclic esters (lactones) is 1. The fourth-order valence-electron chi connectivity index (χ4n) is 6.24. The quantitative estimate of drug-likeness (QED) is 0.132. The maximum atomic E-state index is 14.3. The molecule has 2 aliphatic heterocycles. The van der Waals surface area contributed by atoms with Crippen molar-refractivity contribution in [2.24, 2.45) is 28.1 Å². The Kier molecular flexibility index (Phi) is 11.5. The molecule has 1 aliphatic carbocycles. The number of nitrogens with one attached hydrogen (secondary N) is 4. The third-order valence-electron chi connectivity index (χ3n) is 9.22. The molecule has 0 aromatic carbocycles. The highest BCUT2D eigenvalue weighted by Gasteiger charge is 2.70. The van der Waals surface area contributed by atoms with Gasteiger partial charge in [-0.2, -0.15) is 0 Å². The van der Waals surface area contributed by atoms with Crippen molar-refractivity contribution in [2.45, 2.75) is 85.8 Å². The molecule has 258 valence electrons. The van der Waals surface area contributed by atoms with Crippen LogP contribution in [0.1, 0.15) is 62.3 Å². The van der Waals surface area contributed by atoms with E-state index in [-0.39, 0.29) is 30.3 Å². The maximum absolute atomic E-state index is 14.3. The predicted octanol–water partition coefficient (Wildman–Crippen LogP) is 2.12. The molecular weight excluding hydrogens is 612 g/mol. The van der Waals surface area contributed by atoms with Crippen LogP contribution in [-0.4, -0.2) is 107 Å². The van der Waals surface area contributed by atoms with Gasteiger partial charge in [-0.15, -0.1) is 18.3 Å². The number of hydrogen-bond donors (Lipinski definition) is 4. The van der Waals surface area contributed by atoms with E-state index in [1.165, 1.54) is 11.0 Å². The van der Waals surface area contributed by atoms with Crippen molar-refractivity contribution in [3.8, 4) is 0 Å². The van der Waals surface area contributed by atoms with Crippen molar-refractivity contribution in [3.05, 3.63) is 12.7 Å². The van der Waals surface area contributed by atoms with E-state index in [2.05, 4.69) is 27.8 Å². The third-order valence-corrected chi connectivity index (χ3v) is 10.2. The van der Waals surface area contributed by atoms with Gasteiger partial charge in [0.05, 0.1) is 12.6 Å². The summed E-state index contributed by atoms with van der Waals surface area (Å²) in [6.07, 6.45) is 1.02. The fourth-order valence-corrected chi connectivity index (χ4v) is 7.03. The lowest BCUT2D eigenvalue weighted by Crippen LogP contribution is -2.62. The van der Waals surface area contributed by atoms with Crippen LogP contribution >= 0.6 is 11.8 Å². The number of ketones is 1. The Morgan fingerprint density at radius 1 is 1.07 bits per heavy atom. The number of rotatable bonds is 13. The minimum atomic E-state index is -1.12. The third kappa shape index (κ3) is 8.34. The predicted molar refractivity (Wildman–Crippen MR) is 176 cm³/mol.